The van der Waals surface area contributed by atoms with Crippen molar-refractivity contribution < 1.29 is 15.6 Å². The monoisotopic (exact) mass is 304 g/mol. The maximum Gasteiger partial charge on any atom is 0.186 e. The largest absolute Gasteiger partial charge is 0.293 e. The highest BCUT2D eigenvalue weighted by molar-refractivity contribution is 8.11. The molecule has 1 aliphatic rings. The highest BCUT2D eigenvalue weighted by atomic mass is 32.3. The number of hydrogen-bond donors (Lipinski definition) is 0. The Morgan fingerprint density at radius 1 is 0.812 bits per heavy atom. The average Bonchev–Trinajstić information content (AvgIpc) is 2.31. The van der Waals surface area contributed by atoms with E-state index in [4.69, 9.17) is 15.6 Å². The molecule has 0 aliphatic carbocycles. The molecule has 1 rings (SSSR count). The van der Waals surface area contributed by atoms with Crippen LogP contribution >= 0.6 is 48.7 Å². The molecule has 2 atom stereocenters. The molecule has 1 fully saturated rings. The third kappa shape index (κ3) is 4.85. The summed E-state index contributed by atoms with van der Waals surface area (Å²) in [5.74, 6) is 0. The second kappa shape index (κ2) is 6.98. The van der Waals surface area contributed by atoms with E-state index in [0.29, 0.717) is 0 Å². The molecular weight excluding hydrogens is 288 g/mol. The summed E-state index contributed by atoms with van der Waals surface area (Å²) in [7, 11) is 0. The molecule has 0 N–H and O–H groups in total. The predicted molar refractivity (Wildman–Crippen MR) is 72.1 cm³/mol. The van der Waals surface area contributed by atoms with E-state index in [2.05, 4.69) is 0 Å². The lowest BCUT2D eigenvalue weighted by atomic mass is 10.3. The van der Waals surface area contributed by atoms with Crippen LogP contribution in [0.5, 0.6) is 0 Å². The van der Waals surface area contributed by atoms with Crippen molar-refractivity contribution in [1.82, 2.24) is 0 Å². The van der Waals surface area contributed by atoms with Crippen LogP contribution in [0, 0.1) is 0 Å². The Morgan fingerprint density at radius 3 is 2.06 bits per heavy atom. The summed E-state index contributed by atoms with van der Waals surface area (Å²) >= 11 is 4.39. The summed E-state index contributed by atoms with van der Waals surface area (Å²) in [4.78, 5) is -0.817. The molecule has 0 amide bonds. The van der Waals surface area contributed by atoms with Crippen LogP contribution < -0.4 is 0 Å². The van der Waals surface area contributed by atoms with Gasteiger partial charge in [-0.05, 0) is 26.7 Å². The van der Waals surface area contributed by atoms with Crippen molar-refractivity contribution >= 4 is 48.7 Å². The SMILES string of the molecule is CCC1(C)OSOSOSC(C)(CC)OS1. The minimum atomic E-state index is -0.417. The Hall–Kier alpha value is 1.24. The molecule has 0 aromatic carbocycles. The van der Waals surface area contributed by atoms with Gasteiger partial charge < -0.3 is 0 Å². The van der Waals surface area contributed by atoms with Crippen LogP contribution in [-0.4, -0.2) is 9.87 Å². The Labute approximate surface area is 114 Å². The zero-order valence-electron chi connectivity index (χ0n) is 9.68. The van der Waals surface area contributed by atoms with Gasteiger partial charge in [-0.1, -0.05) is 13.8 Å². The summed E-state index contributed by atoms with van der Waals surface area (Å²) < 4.78 is 21.6. The van der Waals surface area contributed by atoms with Crippen molar-refractivity contribution in [3.63, 3.8) is 0 Å². The molecule has 0 aromatic rings. The normalized spacial score (nSPS) is 38.2. The maximum absolute atomic E-state index is 5.81. The van der Waals surface area contributed by atoms with Crippen LogP contribution in [0.1, 0.15) is 40.5 Å². The molecular formula is C8H16O4S4. The standard InChI is InChI=1S/C8H16O4S4/c1-5-7(3)9-13-8(4,6-2)10-15-12-16-11-14-7/h5-6H2,1-4H3. The summed E-state index contributed by atoms with van der Waals surface area (Å²) in [6.45, 7) is 8.05. The first kappa shape index (κ1) is 15.3. The van der Waals surface area contributed by atoms with Gasteiger partial charge in [-0.2, -0.15) is 3.63 Å². The van der Waals surface area contributed by atoms with Gasteiger partial charge in [0.2, 0.25) is 0 Å². The first-order valence-electron chi connectivity index (χ1n) is 4.94. The van der Waals surface area contributed by atoms with E-state index in [1.54, 1.807) is 0 Å². The van der Waals surface area contributed by atoms with E-state index in [9.17, 15) is 0 Å². The summed E-state index contributed by atoms with van der Waals surface area (Å²) in [6.07, 6.45) is 1.65. The molecule has 1 heterocycles. The van der Waals surface area contributed by atoms with Crippen LogP contribution in [0.3, 0.4) is 0 Å². The predicted octanol–water partition coefficient (Wildman–Crippen LogP) is 4.74. The highest BCUT2D eigenvalue weighted by Gasteiger charge is 2.34. The molecule has 2 unspecified atom stereocenters. The average molecular weight is 304 g/mol. The maximum atomic E-state index is 5.81. The topological polar surface area (TPSA) is 36.9 Å². The molecule has 0 spiro atoms. The van der Waals surface area contributed by atoms with E-state index in [1.807, 2.05) is 27.7 Å². The second-order valence-corrected chi connectivity index (χ2v) is 7.33. The molecule has 0 bridgehead atoms. The fraction of sp³-hybridized carbons (Fsp3) is 1.00. The molecule has 0 aromatic heterocycles. The Kier molecular flexibility index (Phi) is 6.68. The van der Waals surface area contributed by atoms with Gasteiger partial charge in [0.1, 0.15) is 0 Å². The van der Waals surface area contributed by atoms with Crippen molar-refractivity contribution in [2.45, 2.75) is 50.4 Å². The van der Waals surface area contributed by atoms with Crippen molar-refractivity contribution in [3.05, 3.63) is 0 Å². The van der Waals surface area contributed by atoms with Crippen LogP contribution in [0.25, 0.3) is 0 Å². The first-order valence-corrected chi connectivity index (χ1v) is 7.75. The van der Waals surface area contributed by atoms with Gasteiger partial charge in [0.05, 0.1) is 0 Å². The third-order valence-corrected chi connectivity index (χ3v) is 5.67. The van der Waals surface area contributed by atoms with Gasteiger partial charge >= 0.3 is 0 Å². The minimum absolute atomic E-state index is 0.400. The molecule has 16 heavy (non-hydrogen) atoms. The van der Waals surface area contributed by atoms with E-state index >= 15 is 0 Å². The lowest BCUT2D eigenvalue weighted by Crippen LogP contribution is -2.27. The molecule has 96 valence electrons. The fourth-order valence-corrected chi connectivity index (χ4v) is 3.19. The van der Waals surface area contributed by atoms with E-state index in [0.717, 1.165) is 37.5 Å². The molecule has 4 nitrogen and oxygen atoms in total. The van der Waals surface area contributed by atoms with Gasteiger partial charge in [0.15, 0.2) is 34.5 Å². The zero-order valence-corrected chi connectivity index (χ0v) is 12.9. The fourth-order valence-electron chi connectivity index (χ4n) is 0.634. The molecule has 0 saturated carbocycles. The number of hydrogen-bond acceptors (Lipinski definition) is 8. The Morgan fingerprint density at radius 2 is 1.44 bits per heavy atom. The smallest absolute Gasteiger partial charge is 0.186 e. The highest BCUT2D eigenvalue weighted by Crippen LogP contribution is 2.45. The zero-order chi connectivity index (χ0) is 12.1. The lowest BCUT2D eigenvalue weighted by Gasteiger charge is -2.32. The number of rotatable bonds is 2. The van der Waals surface area contributed by atoms with Crippen molar-refractivity contribution in [3.8, 4) is 0 Å². The Balaban J connectivity index is 2.62. The van der Waals surface area contributed by atoms with Crippen LogP contribution in [0.2, 0.25) is 0 Å². The van der Waals surface area contributed by atoms with Gasteiger partial charge in [-0.15, -0.1) is 0 Å². The van der Waals surface area contributed by atoms with Gasteiger partial charge in [-0.25, -0.2) is 3.63 Å². The third-order valence-electron chi connectivity index (χ3n) is 2.18. The summed E-state index contributed by atoms with van der Waals surface area (Å²) in [5, 5.41) is 0. The quantitative estimate of drug-likeness (QED) is 0.677. The van der Waals surface area contributed by atoms with Gasteiger partial charge in [-0.3, -0.25) is 8.37 Å². The van der Waals surface area contributed by atoms with E-state index in [1.165, 1.54) is 24.1 Å². The van der Waals surface area contributed by atoms with Gasteiger partial charge in [0.25, 0.3) is 0 Å². The van der Waals surface area contributed by atoms with Crippen LogP contribution in [0.4, 0.5) is 0 Å². The molecule has 8 heteroatoms. The first-order chi connectivity index (χ1) is 7.54. The second-order valence-electron chi connectivity index (χ2n) is 3.58. The van der Waals surface area contributed by atoms with E-state index in [-0.39, 0.29) is 0 Å². The molecule has 1 aliphatic heterocycles. The summed E-state index contributed by atoms with van der Waals surface area (Å²) in [5.41, 5.74) is 0. The van der Waals surface area contributed by atoms with Gasteiger partial charge in [0, 0.05) is 24.1 Å². The van der Waals surface area contributed by atoms with Crippen LogP contribution in [-0.2, 0) is 15.6 Å². The molecule has 0 radical (unpaired) electrons. The lowest BCUT2D eigenvalue weighted by molar-refractivity contribution is 0.159. The Bertz CT molecular complexity index is 198. The molecule has 1 saturated heterocycles. The van der Waals surface area contributed by atoms with Crippen molar-refractivity contribution in [2.75, 3.05) is 0 Å². The van der Waals surface area contributed by atoms with Crippen LogP contribution in [0.15, 0.2) is 0 Å². The van der Waals surface area contributed by atoms with Crippen molar-refractivity contribution in [2.24, 2.45) is 0 Å². The summed E-state index contributed by atoms with van der Waals surface area (Å²) in [6, 6.07) is 0. The van der Waals surface area contributed by atoms with E-state index < -0.39 is 9.87 Å². The minimum Gasteiger partial charge on any atom is -0.293 e. The van der Waals surface area contributed by atoms with Crippen molar-refractivity contribution in [1.29, 1.82) is 0 Å².